The molecule has 0 amide bonds. The summed E-state index contributed by atoms with van der Waals surface area (Å²) >= 11 is 10.3. The van der Waals surface area contributed by atoms with Crippen LogP contribution in [-0.4, -0.2) is 18.1 Å². The highest BCUT2D eigenvalue weighted by atomic mass is 35.5. The molecule has 0 spiro atoms. The SMILES string of the molecule is C=C(Cl)C(F)(F)F.Nc1cc(SCC(F)(F)F)c(F)cc1Cl. The van der Waals surface area contributed by atoms with Crippen molar-refractivity contribution in [2.75, 3.05) is 11.5 Å². The van der Waals surface area contributed by atoms with Gasteiger partial charge in [-0.2, -0.15) is 26.3 Å². The van der Waals surface area contributed by atoms with E-state index in [-0.39, 0.29) is 15.6 Å². The molecule has 0 fully saturated rings. The van der Waals surface area contributed by atoms with E-state index in [9.17, 15) is 30.7 Å². The van der Waals surface area contributed by atoms with Crippen LogP contribution >= 0.6 is 35.0 Å². The van der Waals surface area contributed by atoms with Gasteiger partial charge in [0.2, 0.25) is 0 Å². The Labute approximate surface area is 135 Å². The van der Waals surface area contributed by atoms with E-state index in [4.69, 9.17) is 17.3 Å². The second kappa shape index (κ2) is 8.16. The molecule has 1 aromatic rings. The van der Waals surface area contributed by atoms with Crippen LogP contribution in [0.3, 0.4) is 0 Å². The maximum Gasteiger partial charge on any atom is 0.426 e. The number of nitrogens with two attached hydrogens (primary N) is 1. The summed E-state index contributed by atoms with van der Waals surface area (Å²) in [4.78, 5) is -0.158. The Kier molecular flexibility index (Phi) is 7.87. The van der Waals surface area contributed by atoms with E-state index in [1.807, 2.05) is 0 Å². The van der Waals surface area contributed by atoms with Crippen LogP contribution in [0.5, 0.6) is 0 Å². The molecule has 0 saturated heterocycles. The number of nitrogen functional groups attached to an aromatic ring is 1. The summed E-state index contributed by atoms with van der Waals surface area (Å²) in [6, 6.07) is 1.99. The third kappa shape index (κ3) is 8.60. The highest BCUT2D eigenvalue weighted by molar-refractivity contribution is 7.99. The van der Waals surface area contributed by atoms with Gasteiger partial charge in [0.05, 0.1) is 16.5 Å². The molecule has 0 saturated carbocycles. The first kappa shape index (κ1) is 21.2. The van der Waals surface area contributed by atoms with Gasteiger partial charge in [0.25, 0.3) is 0 Å². The van der Waals surface area contributed by atoms with Crippen molar-refractivity contribution in [2.45, 2.75) is 17.2 Å². The zero-order valence-electron chi connectivity index (χ0n) is 10.5. The van der Waals surface area contributed by atoms with Crippen molar-refractivity contribution in [2.24, 2.45) is 0 Å². The minimum atomic E-state index is -4.43. The average Bonchev–Trinajstić information content (AvgIpc) is 2.30. The molecule has 126 valence electrons. The first-order valence-electron chi connectivity index (χ1n) is 5.09. The van der Waals surface area contributed by atoms with Crippen molar-refractivity contribution in [3.8, 4) is 0 Å². The largest absolute Gasteiger partial charge is 0.426 e. The lowest BCUT2D eigenvalue weighted by Gasteiger charge is -2.08. The Hall–Kier alpha value is -0.800. The molecule has 0 aliphatic carbocycles. The topological polar surface area (TPSA) is 26.0 Å². The highest BCUT2D eigenvalue weighted by Gasteiger charge is 2.30. The molecule has 1 rings (SSSR count). The van der Waals surface area contributed by atoms with E-state index in [1.54, 1.807) is 0 Å². The van der Waals surface area contributed by atoms with Gasteiger partial charge in [0, 0.05) is 4.90 Å². The lowest BCUT2D eigenvalue weighted by molar-refractivity contribution is -0.105. The molecule has 11 heteroatoms. The molecule has 0 heterocycles. The minimum absolute atomic E-state index is 0.0103. The standard InChI is InChI=1S/C8H6ClF4NS.C3H2ClF3/c9-4-1-5(10)7(2-6(4)14)15-3-8(11,12)13;1-2(4)3(5,6)7/h1-2H,3,14H2;1H2. The second-order valence-corrected chi connectivity index (χ2v) is 5.49. The first-order chi connectivity index (χ1) is 9.74. The molecule has 0 aliphatic heterocycles. The fraction of sp³-hybridized carbons (Fsp3) is 0.273. The number of hydrogen-bond acceptors (Lipinski definition) is 2. The number of alkyl halides is 6. The van der Waals surface area contributed by atoms with Crippen molar-refractivity contribution in [3.05, 3.63) is 34.6 Å². The van der Waals surface area contributed by atoms with E-state index in [0.717, 1.165) is 12.1 Å². The molecule has 0 unspecified atom stereocenters. The molecule has 0 bridgehead atoms. The lowest BCUT2D eigenvalue weighted by atomic mass is 10.3. The van der Waals surface area contributed by atoms with Crippen molar-refractivity contribution in [1.29, 1.82) is 0 Å². The number of hydrogen-bond donors (Lipinski definition) is 1. The fourth-order valence-electron chi connectivity index (χ4n) is 0.815. The Morgan fingerprint density at radius 2 is 1.64 bits per heavy atom. The summed E-state index contributed by atoms with van der Waals surface area (Å²) in [5.74, 6) is -1.96. The van der Waals surface area contributed by atoms with Crippen molar-refractivity contribution in [1.82, 2.24) is 0 Å². The zero-order chi connectivity index (χ0) is 17.7. The molecule has 2 N–H and O–H groups in total. The van der Waals surface area contributed by atoms with Crippen LogP contribution in [0.15, 0.2) is 28.6 Å². The van der Waals surface area contributed by atoms with Crippen molar-refractivity contribution < 1.29 is 30.7 Å². The molecule has 0 atom stereocenters. The molecular formula is C11H8Cl2F7NS. The third-order valence-corrected chi connectivity index (χ3v) is 3.39. The summed E-state index contributed by atoms with van der Waals surface area (Å²) in [6.07, 6.45) is -8.77. The number of benzene rings is 1. The Balaban J connectivity index is 0.000000534. The van der Waals surface area contributed by atoms with Crippen LogP contribution in [0.25, 0.3) is 0 Å². The summed E-state index contributed by atoms with van der Waals surface area (Å²) in [6.45, 7) is 2.47. The summed E-state index contributed by atoms with van der Waals surface area (Å²) in [7, 11) is 0. The van der Waals surface area contributed by atoms with Crippen LogP contribution in [0, 0.1) is 5.82 Å². The van der Waals surface area contributed by atoms with Gasteiger partial charge in [-0.05, 0) is 12.1 Å². The van der Waals surface area contributed by atoms with Gasteiger partial charge in [-0.1, -0.05) is 29.8 Å². The highest BCUT2D eigenvalue weighted by Crippen LogP contribution is 2.32. The molecular weight excluding hydrogens is 382 g/mol. The number of rotatable bonds is 2. The lowest BCUT2D eigenvalue weighted by Crippen LogP contribution is -2.10. The van der Waals surface area contributed by atoms with Crippen molar-refractivity contribution >= 4 is 40.7 Å². The van der Waals surface area contributed by atoms with E-state index in [0.29, 0.717) is 11.8 Å². The number of anilines is 1. The van der Waals surface area contributed by atoms with Gasteiger partial charge in [0.1, 0.15) is 10.8 Å². The first-order valence-corrected chi connectivity index (χ1v) is 6.84. The van der Waals surface area contributed by atoms with Gasteiger partial charge >= 0.3 is 12.4 Å². The molecule has 1 nitrogen and oxygen atoms in total. The van der Waals surface area contributed by atoms with Gasteiger partial charge in [0.15, 0.2) is 0 Å². The van der Waals surface area contributed by atoms with Crippen LogP contribution in [0.2, 0.25) is 5.02 Å². The van der Waals surface area contributed by atoms with Gasteiger partial charge in [-0.3, -0.25) is 0 Å². The minimum Gasteiger partial charge on any atom is -0.397 e. The smallest absolute Gasteiger partial charge is 0.397 e. The number of allylic oxidation sites excluding steroid dienone is 1. The summed E-state index contributed by atoms with van der Waals surface area (Å²) < 4.78 is 81.5. The Bertz CT molecular complexity index is 528. The molecule has 1 aromatic carbocycles. The Morgan fingerprint density at radius 1 is 1.18 bits per heavy atom. The van der Waals surface area contributed by atoms with E-state index >= 15 is 0 Å². The predicted molar refractivity (Wildman–Crippen MR) is 73.6 cm³/mol. The molecule has 0 aliphatic rings. The summed E-state index contributed by atoms with van der Waals surface area (Å²) in [5, 5.41) is -1.30. The van der Waals surface area contributed by atoms with Gasteiger partial charge < -0.3 is 5.73 Å². The zero-order valence-corrected chi connectivity index (χ0v) is 12.8. The van der Waals surface area contributed by atoms with Crippen LogP contribution in [-0.2, 0) is 0 Å². The summed E-state index contributed by atoms with van der Waals surface area (Å²) in [5.41, 5.74) is 5.39. The van der Waals surface area contributed by atoms with Crippen LogP contribution < -0.4 is 5.73 Å². The maximum atomic E-state index is 13.1. The quantitative estimate of drug-likeness (QED) is 0.380. The van der Waals surface area contributed by atoms with Gasteiger partial charge in [-0.15, -0.1) is 11.8 Å². The number of thioether (sulfide) groups is 1. The van der Waals surface area contributed by atoms with Crippen LogP contribution in [0.4, 0.5) is 36.4 Å². The van der Waals surface area contributed by atoms with E-state index < -0.39 is 29.0 Å². The third-order valence-electron chi connectivity index (χ3n) is 1.75. The fourth-order valence-corrected chi connectivity index (χ4v) is 1.69. The molecule has 22 heavy (non-hydrogen) atoms. The van der Waals surface area contributed by atoms with Crippen molar-refractivity contribution in [3.63, 3.8) is 0 Å². The number of halogens is 9. The molecule has 0 aromatic heterocycles. The average molecular weight is 390 g/mol. The maximum absolute atomic E-state index is 13.1. The normalized spacial score (nSPS) is 11.7. The monoisotopic (exact) mass is 389 g/mol. The van der Waals surface area contributed by atoms with E-state index in [1.165, 1.54) is 0 Å². The Morgan fingerprint density at radius 3 is 2.00 bits per heavy atom. The van der Waals surface area contributed by atoms with Crippen LogP contribution in [0.1, 0.15) is 0 Å². The predicted octanol–water partition coefficient (Wildman–Crippen LogP) is 6.02. The second-order valence-electron chi connectivity index (χ2n) is 3.61. The van der Waals surface area contributed by atoms with E-state index in [2.05, 4.69) is 18.2 Å². The molecule has 0 radical (unpaired) electrons. The van der Waals surface area contributed by atoms with Gasteiger partial charge in [-0.25, -0.2) is 4.39 Å².